The van der Waals surface area contributed by atoms with Gasteiger partial charge in [-0.05, 0) is 36.1 Å². The second kappa shape index (κ2) is 6.41. The van der Waals surface area contributed by atoms with Crippen LogP contribution in [0.3, 0.4) is 0 Å². The lowest BCUT2D eigenvalue weighted by Gasteiger charge is -2.24. The van der Waals surface area contributed by atoms with Crippen LogP contribution >= 0.6 is 0 Å². The van der Waals surface area contributed by atoms with E-state index in [1.54, 1.807) is 0 Å². The molecule has 1 fully saturated rings. The molecule has 4 rings (SSSR count). The summed E-state index contributed by atoms with van der Waals surface area (Å²) in [4.78, 5) is 4.84. The summed E-state index contributed by atoms with van der Waals surface area (Å²) in [6.45, 7) is 0. The number of rotatable bonds is 3. The van der Waals surface area contributed by atoms with Crippen LogP contribution in [0.5, 0.6) is 0 Å². The Morgan fingerprint density at radius 2 is 1.57 bits per heavy atom. The summed E-state index contributed by atoms with van der Waals surface area (Å²) in [7, 11) is 0. The molecule has 1 aliphatic rings. The SMILES string of the molecule is c1ccc(-c2cc(NC3CCCCC3)nc3ccccc23)cc1. The molecule has 0 radical (unpaired) electrons. The predicted octanol–water partition coefficient (Wildman–Crippen LogP) is 5.65. The van der Waals surface area contributed by atoms with Crippen LogP contribution in [0.15, 0.2) is 60.7 Å². The maximum absolute atomic E-state index is 4.84. The summed E-state index contributed by atoms with van der Waals surface area (Å²) in [6.07, 6.45) is 6.55. The van der Waals surface area contributed by atoms with Crippen molar-refractivity contribution in [2.24, 2.45) is 0 Å². The number of hydrogen-bond donors (Lipinski definition) is 1. The number of para-hydroxylation sites is 1. The van der Waals surface area contributed by atoms with Crippen LogP contribution in [0.25, 0.3) is 22.0 Å². The van der Waals surface area contributed by atoms with E-state index in [4.69, 9.17) is 4.98 Å². The van der Waals surface area contributed by atoms with Gasteiger partial charge in [-0.25, -0.2) is 4.98 Å². The van der Waals surface area contributed by atoms with Crippen molar-refractivity contribution in [3.05, 3.63) is 60.7 Å². The molecule has 1 aliphatic carbocycles. The minimum absolute atomic E-state index is 0.570. The lowest BCUT2D eigenvalue weighted by Crippen LogP contribution is -2.22. The lowest BCUT2D eigenvalue weighted by molar-refractivity contribution is 0.462. The topological polar surface area (TPSA) is 24.9 Å². The number of pyridine rings is 1. The monoisotopic (exact) mass is 302 g/mol. The molecule has 1 heterocycles. The number of nitrogens with one attached hydrogen (secondary N) is 1. The molecule has 1 aromatic heterocycles. The summed E-state index contributed by atoms with van der Waals surface area (Å²) in [5.41, 5.74) is 3.57. The number of benzene rings is 2. The molecule has 0 unspecified atom stereocenters. The van der Waals surface area contributed by atoms with E-state index in [-0.39, 0.29) is 0 Å². The van der Waals surface area contributed by atoms with Gasteiger partial charge in [0.1, 0.15) is 5.82 Å². The average Bonchev–Trinajstić information content (AvgIpc) is 2.63. The fourth-order valence-corrected chi connectivity index (χ4v) is 3.56. The number of fused-ring (bicyclic) bond motifs is 1. The standard InChI is InChI=1S/C21H22N2/c1-3-9-16(10-4-1)19-15-21(22-17-11-5-2-6-12-17)23-20-14-8-7-13-18(19)20/h1,3-4,7-10,13-15,17H,2,5-6,11-12H2,(H,22,23). The first-order valence-electron chi connectivity index (χ1n) is 8.62. The van der Waals surface area contributed by atoms with E-state index in [0.717, 1.165) is 11.3 Å². The number of hydrogen-bond acceptors (Lipinski definition) is 2. The summed E-state index contributed by atoms with van der Waals surface area (Å²) in [5, 5.41) is 4.89. The van der Waals surface area contributed by atoms with Gasteiger partial charge < -0.3 is 5.32 Å². The largest absolute Gasteiger partial charge is 0.367 e. The molecule has 3 aromatic rings. The van der Waals surface area contributed by atoms with Crippen LogP contribution in [0.2, 0.25) is 0 Å². The van der Waals surface area contributed by atoms with E-state index in [2.05, 4.69) is 66.0 Å². The molecule has 1 N–H and O–H groups in total. The second-order valence-electron chi connectivity index (χ2n) is 6.42. The Morgan fingerprint density at radius 3 is 2.39 bits per heavy atom. The van der Waals surface area contributed by atoms with Gasteiger partial charge in [0, 0.05) is 11.4 Å². The summed E-state index contributed by atoms with van der Waals surface area (Å²) < 4.78 is 0. The Morgan fingerprint density at radius 1 is 0.826 bits per heavy atom. The van der Waals surface area contributed by atoms with Crippen molar-refractivity contribution >= 4 is 16.7 Å². The zero-order valence-corrected chi connectivity index (χ0v) is 13.3. The fourth-order valence-electron chi connectivity index (χ4n) is 3.56. The van der Waals surface area contributed by atoms with Crippen LogP contribution in [0.1, 0.15) is 32.1 Å². The summed E-state index contributed by atoms with van der Waals surface area (Å²) in [5.74, 6) is 1.01. The molecule has 0 amide bonds. The minimum atomic E-state index is 0.570. The predicted molar refractivity (Wildman–Crippen MR) is 97.7 cm³/mol. The Labute approximate surface area is 137 Å². The van der Waals surface area contributed by atoms with Gasteiger partial charge in [-0.2, -0.15) is 0 Å². The van der Waals surface area contributed by atoms with Gasteiger partial charge in [0.15, 0.2) is 0 Å². The van der Waals surface area contributed by atoms with E-state index in [1.807, 2.05) is 0 Å². The molecule has 23 heavy (non-hydrogen) atoms. The molecule has 0 atom stereocenters. The zero-order chi connectivity index (χ0) is 15.5. The maximum Gasteiger partial charge on any atom is 0.127 e. The first kappa shape index (κ1) is 14.3. The Bertz CT molecular complexity index is 789. The second-order valence-corrected chi connectivity index (χ2v) is 6.42. The van der Waals surface area contributed by atoms with Gasteiger partial charge >= 0.3 is 0 Å². The summed E-state index contributed by atoms with van der Waals surface area (Å²) >= 11 is 0. The smallest absolute Gasteiger partial charge is 0.127 e. The van der Waals surface area contributed by atoms with Crippen LogP contribution in [-0.4, -0.2) is 11.0 Å². The van der Waals surface area contributed by atoms with Gasteiger partial charge in [-0.15, -0.1) is 0 Å². The molecule has 0 aliphatic heterocycles. The molecule has 2 heteroatoms. The molecule has 0 spiro atoms. The Balaban J connectivity index is 1.77. The number of nitrogens with zero attached hydrogens (tertiary/aromatic N) is 1. The van der Waals surface area contributed by atoms with Crippen molar-refractivity contribution in [2.45, 2.75) is 38.1 Å². The van der Waals surface area contributed by atoms with Crippen molar-refractivity contribution in [2.75, 3.05) is 5.32 Å². The quantitative estimate of drug-likeness (QED) is 0.676. The van der Waals surface area contributed by atoms with Crippen molar-refractivity contribution in [1.82, 2.24) is 4.98 Å². The van der Waals surface area contributed by atoms with E-state index in [9.17, 15) is 0 Å². The molecule has 0 bridgehead atoms. The number of anilines is 1. The van der Waals surface area contributed by atoms with E-state index >= 15 is 0 Å². The van der Waals surface area contributed by atoms with Crippen molar-refractivity contribution in [1.29, 1.82) is 0 Å². The fraction of sp³-hybridized carbons (Fsp3) is 0.286. The first-order chi connectivity index (χ1) is 11.4. The first-order valence-corrected chi connectivity index (χ1v) is 8.62. The normalized spacial score (nSPS) is 15.7. The highest BCUT2D eigenvalue weighted by atomic mass is 15.0. The van der Waals surface area contributed by atoms with Crippen LogP contribution < -0.4 is 5.32 Å². The van der Waals surface area contributed by atoms with Crippen LogP contribution in [-0.2, 0) is 0 Å². The number of aromatic nitrogens is 1. The van der Waals surface area contributed by atoms with Crippen LogP contribution in [0, 0.1) is 0 Å². The highest BCUT2D eigenvalue weighted by Gasteiger charge is 2.15. The van der Waals surface area contributed by atoms with Gasteiger partial charge in [-0.1, -0.05) is 67.8 Å². The average molecular weight is 302 g/mol. The summed E-state index contributed by atoms with van der Waals surface area (Å²) in [6, 6.07) is 21.8. The highest BCUT2D eigenvalue weighted by molar-refractivity contribution is 5.96. The molecule has 116 valence electrons. The van der Waals surface area contributed by atoms with Crippen molar-refractivity contribution < 1.29 is 0 Å². The molecule has 1 saturated carbocycles. The van der Waals surface area contributed by atoms with Crippen LogP contribution in [0.4, 0.5) is 5.82 Å². The third kappa shape index (κ3) is 3.07. The third-order valence-corrected chi connectivity index (χ3v) is 4.76. The van der Waals surface area contributed by atoms with Gasteiger partial charge in [-0.3, -0.25) is 0 Å². The van der Waals surface area contributed by atoms with E-state index < -0.39 is 0 Å². The maximum atomic E-state index is 4.84. The lowest BCUT2D eigenvalue weighted by atomic mass is 9.95. The molecule has 2 nitrogen and oxygen atoms in total. The van der Waals surface area contributed by atoms with Crippen molar-refractivity contribution in [3.63, 3.8) is 0 Å². The zero-order valence-electron chi connectivity index (χ0n) is 13.3. The van der Waals surface area contributed by atoms with Crippen molar-refractivity contribution in [3.8, 4) is 11.1 Å². The minimum Gasteiger partial charge on any atom is -0.367 e. The molecule has 0 saturated heterocycles. The van der Waals surface area contributed by atoms with E-state index in [1.165, 1.54) is 48.6 Å². The van der Waals surface area contributed by atoms with E-state index in [0.29, 0.717) is 6.04 Å². The molecule has 2 aromatic carbocycles. The highest BCUT2D eigenvalue weighted by Crippen LogP contribution is 2.31. The van der Waals surface area contributed by atoms with Gasteiger partial charge in [0.25, 0.3) is 0 Å². The third-order valence-electron chi connectivity index (χ3n) is 4.76. The molecular weight excluding hydrogens is 280 g/mol. The van der Waals surface area contributed by atoms with Gasteiger partial charge in [0.05, 0.1) is 5.52 Å². The Hall–Kier alpha value is -2.35. The molecular formula is C21H22N2. The Kier molecular flexibility index (Phi) is 3.97. The van der Waals surface area contributed by atoms with Gasteiger partial charge in [0.2, 0.25) is 0 Å².